The normalized spacial score (nSPS) is 33.0. The quantitative estimate of drug-likeness (QED) is 0.755. The highest BCUT2D eigenvalue weighted by atomic mass is 79.9. The Bertz CT molecular complexity index is 255. The Balaban J connectivity index is 2.40. The van der Waals surface area contributed by atoms with E-state index in [1.807, 2.05) is 19.1 Å². The molecule has 0 heterocycles. The van der Waals surface area contributed by atoms with E-state index in [4.69, 9.17) is 0 Å². The van der Waals surface area contributed by atoms with Crippen LogP contribution in [0.4, 0.5) is 0 Å². The van der Waals surface area contributed by atoms with E-state index in [2.05, 4.69) is 29.1 Å². The number of aliphatic hydroxyl groups is 1. The largest absolute Gasteiger partial charge is 0.390 e. The summed E-state index contributed by atoms with van der Waals surface area (Å²) in [6, 6.07) is 0. The highest BCUT2D eigenvalue weighted by Crippen LogP contribution is 2.41. The first-order chi connectivity index (χ1) is 5.91. The molecule has 0 aliphatic heterocycles. The van der Waals surface area contributed by atoms with Crippen molar-refractivity contribution >= 4 is 15.9 Å². The van der Waals surface area contributed by atoms with Gasteiger partial charge in [0.2, 0.25) is 0 Å². The van der Waals surface area contributed by atoms with E-state index in [0.29, 0.717) is 5.92 Å². The molecule has 0 amide bonds. The molecule has 0 radical (unpaired) electrons. The molecule has 0 aromatic heterocycles. The van der Waals surface area contributed by atoms with Crippen molar-refractivity contribution in [1.82, 2.24) is 0 Å². The summed E-state index contributed by atoms with van der Waals surface area (Å²) in [4.78, 5) is 0. The van der Waals surface area contributed by atoms with E-state index in [0.717, 1.165) is 22.9 Å². The smallest absolute Gasteiger partial charge is 0.0631 e. The van der Waals surface area contributed by atoms with Crippen LogP contribution >= 0.6 is 15.9 Å². The molecule has 1 saturated carbocycles. The van der Waals surface area contributed by atoms with Gasteiger partial charge in [0.15, 0.2) is 0 Å². The summed E-state index contributed by atoms with van der Waals surface area (Å²) < 4.78 is 0.847. The molecule has 1 rings (SSSR count). The molecule has 72 valence electrons. The third-order valence-electron chi connectivity index (χ3n) is 2.37. The van der Waals surface area contributed by atoms with Crippen LogP contribution in [0.15, 0.2) is 35.4 Å². The lowest BCUT2D eigenvalue weighted by Crippen LogP contribution is -2.41. The molecule has 2 heteroatoms. The van der Waals surface area contributed by atoms with Crippen molar-refractivity contribution in [1.29, 1.82) is 0 Å². The first-order valence-electron chi connectivity index (χ1n) is 4.34. The number of allylic oxidation sites excluding steroid dienone is 4. The monoisotopic (exact) mass is 242 g/mol. The Labute approximate surface area is 88.0 Å². The minimum Gasteiger partial charge on any atom is -0.390 e. The zero-order valence-corrected chi connectivity index (χ0v) is 9.47. The second-order valence-corrected chi connectivity index (χ2v) is 4.98. The molecule has 1 aliphatic rings. The van der Waals surface area contributed by atoms with Crippen molar-refractivity contribution in [2.75, 3.05) is 0 Å². The van der Waals surface area contributed by atoms with Crippen molar-refractivity contribution in [3.8, 4) is 0 Å². The maximum absolute atomic E-state index is 9.52. The third-order valence-corrected chi connectivity index (χ3v) is 2.64. The summed E-state index contributed by atoms with van der Waals surface area (Å²) in [5.74, 6) is 0.443. The standard InChI is InChI=1S/C11H15BrO/c1-8(4-5-9(2)12)10-6-11(3,13)7-10/h4-5,10,13H,1-2,6-7H2,3H3/b5-4-. The molecular weight excluding hydrogens is 228 g/mol. The summed E-state index contributed by atoms with van der Waals surface area (Å²) in [6.45, 7) is 9.52. The number of halogens is 1. The minimum atomic E-state index is -0.465. The fourth-order valence-electron chi connectivity index (χ4n) is 1.60. The Morgan fingerprint density at radius 3 is 2.38 bits per heavy atom. The predicted octanol–water partition coefficient (Wildman–Crippen LogP) is 3.17. The van der Waals surface area contributed by atoms with Gasteiger partial charge in [0.1, 0.15) is 0 Å². The lowest BCUT2D eigenvalue weighted by Gasteiger charge is -2.41. The van der Waals surface area contributed by atoms with Gasteiger partial charge in [0, 0.05) is 4.48 Å². The number of rotatable bonds is 3. The van der Waals surface area contributed by atoms with Crippen molar-refractivity contribution in [2.24, 2.45) is 5.92 Å². The molecule has 0 unspecified atom stereocenters. The van der Waals surface area contributed by atoms with Crippen LogP contribution in [0.2, 0.25) is 0 Å². The molecule has 0 bridgehead atoms. The first-order valence-corrected chi connectivity index (χ1v) is 5.14. The molecule has 0 saturated heterocycles. The van der Waals surface area contributed by atoms with Gasteiger partial charge >= 0.3 is 0 Å². The Morgan fingerprint density at radius 1 is 1.46 bits per heavy atom. The topological polar surface area (TPSA) is 20.2 Å². The van der Waals surface area contributed by atoms with E-state index < -0.39 is 5.60 Å². The molecule has 13 heavy (non-hydrogen) atoms. The van der Waals surface area contributed by atoms with Crippen LogP contribution in [-0.4, -0.2) is 10.7 Å². The summed E-state index contributed by atoms with van der Waals surface area (Å²) >= 11 is 3.24. The molecule has 1 N–H and O–H groups in total. The lowest BCUT2D eigenvalue weighted by molar-refractivity contribution is -0.0438. The summed E-state index contributed by atoms with van der Waals surface area (Å²) in [5.41, 5.74) is 0.611. The summed E-state index contributed by atoms with van der Waals surface area (Å²) in [5, 5.41) is 9.52. The van der Waals surface area contributed by atoms with Crippen molar-refractivity contribution in [3.05, 3.63) is 35.4 Å². The van der Waals surface area contributed by atoms with E-state index in [1.54, 1.807) is 0 Å². The minimum absolute atomic E-state index is 0.443. The van der Waals surface area contributed by atoms with Gasteiger partial charge in [0.05, 0.1) is 5.60 Å². The van der Waals surface area contributed by atoms with Crippen LogP contribution in [-0.2, 0) is 0 Å². The van der Waals surface area contributed by atoms with E-state index in [1.165, 1.54) is 0 Å². The molecule has 0 aromatic rings. The Morgan fingerprint density at radius 2 is 2.00 bits per heavy atom. The van der Waals surface area contributed by atoms with Crippen LogP contribution < -0.4 is 0 Å². The van der Waals surface area contributed by atoms with Gasteiger partial charge in [-0.1, -0.05) is 40.7 Å². The molecule has 1 fully saturated rings. The fourth-order valence-corrected chi connectivity index (χ4v) is 1.73. The van der Waals surface area contributed by atoms with Gasteiger partial charge < -0.3 is 5.11 Å². The molecule has 0 aromatic carbocycles. The zero-order valence-electron chi connectivity index (χ0n) is 7.89. The second-order valence-electron chi connectivity index (χ2n) is 3.96. The van der Waals surface area contributed by atoms with Crippen LogP contribution in [0.5, 0.6) is 0 Å². The van der Waals surface area contributed by atoms with Gasteiger partial charge in [-0.2, -0.15) is 0 Å². The highest BCUT2D eigenvalue weighted by molar-refractivity contribution is 9.11. The fraction of sp³-hybridized carbons (Fsp3) is 0.455. The van der Waals surface area contributed by atoms with Crippen LogP contribution in [0.1, 0.15) is 19.8 Å². The summed E-state index contributed by atoms with van der Waals surface area (Å²) in [6.07, 6.45) is 5.49. The van der Waals surface area contributed by atoms with E-state index >= 15 is 0 Å². The Hall–Kier alpha value is -0.340. The highest BCUT2D eigenvalue weighted by Gasteiger charge is 2.38. The molecule has 1 aliphatic carbocycles. The Kier molecular flexibility index (Phi) is 3.14. The third kappa shape index (κ3) is 3.12. The average molecular weight is 243 g/mol. The maximum Gasteiger partial charge on any atom is 0.0631 e. The summed E-state index contributed by atoms with van der Waals surface area (Å²) in [7, 11) is 0. The SMILES string of the molecule is C=C(Br)/C=C\C(=C)C1CC(C)(O)C1. The van der Waals surface area contributed by atoms with Gasteiger partial charge in [-0.3, -0.25) is 0 Å². The van der Waals surface area contributed by atoms with Crippen molar-refractivity contribution in [3.63, 3.8) is 0 Å². The van der Waals surface area contributed by atoms with Gasteiger partial charge in [0.25, 0.3) is 0 Å². The second kappa shape index (κ2) is 3.81. The van der Waals surface area contributed by atoms with Crippen LogP contribution in [0.3, 0.4) is 0 Å². The van der Waals surface area contributed by atoms with Crippen LogP contribution in [0.25, 0.3) is 0 Å². The average Bonchev–Trinajstić information content (AvgIpc) is 1.95. The lowest BCUT2D eigenvalue weighted by atomic mass is 9.69. The number of hydrogen-bond donors (Lipinski definition) is 1. The maximum atomic E-state index is 9.52. The molecule has 0 atom stereocenters. The number of hydrogen-bond acceptors (Lipinski definition) is 1. The first kappa shape index (κ1) is 10.7. The zero-order chi connectivity index (χ0) is 10.1. The van der Waals surface area contributed by atoms with Gasteiger partial charge in [-0.25, -0.2) is 0 Å². The van der Waals surface area contributed by atoms with Gasteiger partial charge in [-0.05, 0) is 31.8 Å². The van der Waals surface area contributed by atoms with Crippen molar-refractivity contribution < 1.29 is 5.11 Å². The molecule has 0 spiro atoms. The molecule has 1 nitrogen and oxygen atoms in total. The predicted molar refractivity (Wildman–Crippen MR) is 59.7 cm³/mol. The van der Waals surface area contributed by atoms with E-state index in [9.17, 15) is 5.11 Å². The van der Waals surface area contributed by atoms with Crippen LogP contribution in [0, 0.1) is 5.92 Å². The van der Waals surface area contributed by atoms with E-state index in [-0.39, 0.29) is 0 Å². The van der Waals surface area contributed by atoms with Crippen molar-refractivity contribution in [2.45, 2.75) is 25.4 Å². The van der Waals surface area contributed by atoms with Gasteiger partial charge in [-0.15, -0.1) is 0 Å². The molecular formula is C11H15BrO.